The molecule has 0 atom stereocenters. The predicted octanol–water partition coefficient (Wildman–Crippen LogP) is 2.01. The second kappa shape index (κ2) is 4.28. The summed E-state index contributed by atoms with van der Waals surface area (Å²) < 4.78 is 1.91. The molecule has 16 heavy (non-hydrogen) atoms. The lowest BCUT2D eigenvalue weighted by molar-refractivity contribution is 0.0786. The lowest BCUT2D eigenvalue weighted by Crippen LogP contribution is -2.28. The van der Waals surface area contributed by atoms with Gasteiger partial charge in [0.1, 0.15) is 0 Å². The zero-order valence-corrected chi connectivity index (χ0v) is 10.2. The number of hydrogen-bond acceptors (Lipinski definition) is 2. The summed E-state index contributed by atoms with van der Waals surface area (Å²) in [6.45, 7) is 7.90. The minimum Gasteiger partial charge on any atom is -0.337 e. The van der Waals surface area contributed by atoms with Crippen molar-refractivity contribution in [2.75, 3.05) is 13.1 Å². The first kappa shape index (κ1) is 11.2. The Bertz CT molecular complexity index is 389. The molecule has 0 spiro atoms. The summed E-state index contributed by atoms with van der Waals surface area (Å²) >= 11 is 0. The molecule has 2 heterocycles. The van der Waals surface area contributed by atoms with Gasteiger partial charge in [0.15, 0.2) is 5.69 Å². The normalized spacial score (nSPS) is 16.1. The Morgan fingerprint density at radius 3 is 2.50 bits per heavy atom. The smallest absolute Gasteiger partial charge is 0.274 e. The molecule has 0 radical (unpaired) electrons. The highest BCUT2D eigenvalue weighted by molar-refractivity contribution is 5.92. The average molecular weight is 221 g/mol. The molecule has 2 rings (SSSR count). The second-order valence-corrected chi connectivity index (χ2v) is 4.71. The fourth-order valence-corrected chi connectivity index (χ4v) is 2.20. The lowest BCUT2D eigenvalue weighted by atomic mass is 10.3. The third-order valence-corrected chi connectivity index (χ3v) is 3.02. The van der Waals surface area contributed by atoms with E-state index in [1.165, 1.54) is 0 Å². The first-order valence-electron chi connectivity index (χ1n) is 5.95. The summed E-state index contributed by atoms with van der Waals surface area (Å²) in [6.07, 6.45) is 2.24. The van der Waals surface area contributed by atoms with Crippen LogP contribution in [0.2, 0.25) is 0 Å². The van der Waals surface area contributed by atoms with Crippen molar-refractivity contribution >= 4 is 5.91 Å². The monoisotopic (exact) mass is 221 g/mol. The van der Waals surface area contributed by atoms with Gasteiger partial charge in [0.05, 0.1) is 0 Å². The van der Waals surface area contributed by atoms with Gasteiger partial charge in [-0.1, -0.05) is 0 Å². The Kier molecular flexibility index (Phi) is 2.99. The Morgan fingerprint density at radius 2 is 2.00 bits per heavy atom. The quantitative estimate of drug-likeness (QED) is 0.766. The second-order valence-electron chi connectivity index (χ2n) is 4.71. The fraction of sp³-hybridized carbons (Fsp3) is 0.667. The molecule has 4 heteroatoms. The summed E-state index contributed by atoms with van der Waals surface area (Å²) in [5.41, 5.74) is 1.64. The van der Waals surface area contributed by atoms with Crippen LogP contribution in [0.1, 0.15) is 48.9 Å². The van der Waals surface area contributed by atoms with Crippen LogP contribution in [0.5, 0.6) is 0 Å². The summed E-state index contributed by atoms with van der Waals surface area (Å²) in [7, 11) is 0. The standard InChI is InChI=1S/C12H19N3O/c1-9(2)15-10(3)8-11(13-15)12(16)14-6-4-5-7-14/h8-9H,4-7H2,1-3H3. The number of nitrogens with zero attached hydrogens (tertiary/aromatic N) is 3. The van der Waals surface area contributed by atoms with E-state index in [1.54, 1.807) is 0 Å². The highest BCUT2D eigenvalue weighted by atomic mass is 16.2. The summed E-state index contributed by atoms with van der Waals surface area (Å²) in [5, 5.41) is 4.38. The number of carbonyl (C=O) groups excluding carboxylic acids is 1. The molecule has 1 fully saturated rings. The van der Waals surface area contributed by atoms with Crippen LogP contribution in [0.3, 0.4) is 0 Å². The number of carbonyl (C=O) groups is 1. The van der Waals surface area contributed by atoms with E-state index in [0.29, 0.717) is 11.7 Å². The molecule has 0 aliphatic carbocycles. The molecule has 4 nitrogen and oxygen atoms in total. The number of hydrogen-bond donors (Lipinski definition) is 0. The SMILES string of the molecule is Cc1cc(C(=O)N2CCCC2)nn1C(C)C. The Balaban J connectivity index is 2.20. The molecule has 0 saturated carbocycles. The van der Waals surface area contributed by atoms with Gasteiger partial charge in [-0.15, -0.1) is 0 Å². The first-order chi connectivity index (χ1) is 7.59. The van der Waals surface area contributed by atoms with E-state index >= 15 is 0 Å². The summed E-state index contributed by atoms with van der Waals surface area (Å²) in [5.74, 6) is 0.0833. The third kappa shape index (κ3) is 1.96. The molecule has 0 unspecified atom stereocenters. The van der Waals surface area contributed by atoms with Crippen molar-refractivity contribution in [2.24, 2.45) is 0 Å². The van der Waals surface area contributed by atoms with Gasteiger partial charge in [-0.05, 0) is 39.7 Å². The minimum absolute atomic E-state index is 0.0833. The highest BCUT2D eigenvalue weighted by Crippen LogP contribution is 2.15. The third-order valence-electron chi connectivity index (χ3n) is 3.02. The Morgan fingerprint density at radius 1 is 1.38 bits per heavy atom. The first-order valence-corrected chi connectivity index (χ1v) is 5.95. The Labute approximate surface area is 96.2 Å². The summed E-state index contributed by atoms with van der Waals surface area (Å²) in [4.78, 5) is 14.0. The van der Waals surface area contributed by atoms with E-state index in [-0.39, 0.29) is 5.91 Å². The van der Waals surface area contributed by atoms with Crippen molar-refractivity contribution in [3.8, 4) is 0 Å². The molecule has 1 aliphatic heterocycles. The molecule has 0 bridgehead atoms. The number of likely N-dealkylation sites (tertiary alicyclic amines) is 1. The van der Waals surface area contributed by atoms with E-state index in [1.807, 2.05) is 22.6 Å². The zero-order chi connectivity index (χ0) is 11.7. The maximum Gasteiger partial charge on any atom is 0.274 e. The van der Waals surface area contributed by atoms with Crippen LogP contribution < -0.4 is 0 Å². The molecular weight excluding hydrogens is 202 g/mol. The minimum atomic E-state index is 0.0833. The number of rotatable bonds is 2. The average Bonchev–Trinajstić information content (AvgIpc) is 2.84. The van der Waals surface area contributed by atoms with Gasteiger partial charge < -0.3 is 4.90 Å². The van der Waals surface area contributed by atoms with E-state index in [9.17, 15) is 4.79 Å². The number of aryl methyl sites for hydroxylation is 1. The van der Waals surface area contributed by atoms with Crippen LogP contribution in [0, 0.1) is 6.92 Å². The van der Waals surface area contributed by atoms with Crippen LogP contribution in [-0.2, 0) is 0 Å². The van der Waals surface area contributed by atoms with Gasteiger partial charge >= 0.3 is 0 Å². The largest absolute Gasteiger partial charge is 0.337 e. The van der Waals surface area contributed by atoms with Crippen LogP contribution in [0.25, 0.3) is 0 Å². The topological polar surface area (TPSA) is 38.1 Å². The molecule has 0 aromatic carbocycles. The van der Waals surface area contributed by atoms with Crippen LogP contribution in [0.4, 0.5) is 0 Å². The number of aromatic nitrogens is 2. The van der Waals surface area contributed by atoms with Crippen molar-refractivity contribution < 1.29 is 4.79 Å². The van der Waals surface area contributed by atoms with Gasteiger partial charge in [0.25, 0.3) is 5.91 Å². The maximum absolute atomic E-state index is 12.1. The van der Waals surface area contributed by atoms with E-state index in [0.717, 1.165) is 31.6 Å². The van der Waals surface area contributed by atoms with Crippen molar-refractivity contribution in [3.05, 3.63) is 17.5 Å². The van der Waals surface area contributed by atoms with Crippen molar-refractivity contribution in [3.63, 3.8) is 0 Å². The molecule has 88 valence electrons. The van der Waals surface area contributed by atoms with Gasteiger partial charge in [-0.3, -0.25) is 9.48 Å². The van der Waals surface area contributed by atoms with Gasteiger partial charge in [0, 0.05) is 24.8 Å². The van der Waals surface area contributed by atoms with Crippen molar-refractivity contribution in [2.45, 2.75) is 39.7 Å². The fourth-order valence-electron chi connectivity index (χ4n) is 2.20. The predicted molar refractivity (Wildman–Crippen MR) is 62.5 cm³/mol. The molecule has 1 aromatic heterocycles. The van der Waals surface area contributed by atoms with E-state index in [2.05, 4.69) is 18.9 Å². The van der Waals surface area contributed by atoms with Crippen molar-refractivity contribution in [1.29, 1.82) is 0 Å². The number of amides is 1. The maximum atomic E-state index is 12.1. The van der Waals surface area contributed by atoms with Gasteiger partial charge in [-0.25, -0.2) is 0 Å². The lowest BCUT2D eigenvalue weighted by Gasteiger charge is -2.13. The van der Waals surface area contributed by atoms with Crippen LogP contribution in [-0.4, -0.2) is 33.7 Å². The van der Waals surface area contributed by atoms with Gasteiger partial charge in [-0.2, -0.15) is 5.10 Å². The van der Waals surface area contributed by atoms with E-state index < -0.39 is 0 Å². The molecule has 1 saturated heterocycles. The van der Waals surface area contributed by atoms with Crippen LogP contribution >= 0.6 is 0 Å². The molecular formula is C12H19N3O. The summed E-state index contributed by atoms with van der Waals surface area (Å²) in [6, 6.07) is 2.20. The van der Waals surface area contributed by atoms with E-state index in [4.69, 9.17) is 0 Å². The van der Waals surface area contributed by atoms with Crippen molar-refractivity contribution in [1.82, 2.24) is 14.7 Å². The molecule has 1 amide bonds. The van der Waals surface area contributed by atoms with Crippen LogP contribution in [0.15, 0.2) is 6.07 Å². The Hall–Kier alpha value is -1.32. The molecule has 1 aromatic rings. The van der Waals surface area contributed by atoms with Gasteiger partial charge in [0.2, 0.25) is 0 Å². The zero-order valence-electron chi connectivity index (χ0n) is 10.2. The highest BCUT2D eigenvalue weighted by Gasteiger charge is 2.22. The molecule has 1 aliphatic rings. The molecule has 0 N–H and O–H groups in total.